The van der Waals surface area contributed by atoms with E-state index in [2.05, 4.69) is 11.4 Å². The van der Waals surface area contributed by atoms with Gasteiger partial charge in [0.25, 0.3) is 0 Å². The summed E-state index contributed by atoms with van der Waals surface area (Å²) in [7, 11) is -4.69. The van der Waals surface area contributed by atoms with Crippen LogP contribution in [-0.4, -0.2) is 77.7 Å². The van der Waals surface area contributed by atoms with Crippen LogP contribution >= 0.6 is 7.82 Å². The molecule has 12 nitrogen and oxygen atoms in total. The molecule has 244 valence electrons. The Balaban J connectivity index is 4.43. The number of ketones is 1. The molecule has 0 saturated carbocycles. The van der Waals surface area contributed by atoms with Gasteiger partial charge in [0, 0.05) is 12.8 Å². The van der Waals surface area contributed by atoms with Crippen LogP contribution in [0.3, 0.4) is 0 Å². The standard InChI is InChI=1S/C29H51O12P/c1-2-3-4-5-6-7-8-9-10-11-12-13-14-17-28(34)38-23-27(24-40-42(36,37)39-22-26(33)21-31)41-29(35)19-18-25(32)16-15-20-30/h15-16,20,26-27,31,33H,2-14,17-19,21-24H2,1H3,(H,36,37)/b16-15+/t26-,27+/m0/s1. The molecule has 0 aromatic rings. The number of hydrogen-bond acceptors (Lipinski definition) is 11. The summed E-state index contributed by atoms with van der Waals surface area (Å²) in [6.45, 7) is -0.298. The van der Waals surface area contributed by atoms with E-state index >= 15 is 0 Å². The molecule has 42 heavy (non-hydrogen) atoms. The lowest BCUT2D eigenvalue weighted by molar-refractivity contribution is -0.161. The van der Waals surface area contributed by atoms with Crippen molar-refractivity contribution in [2.24, 2.45) is 0 Å². The Hall–Kier alpha value is -1.95. The van der Waals surface area contributed by atoms with Crippen molar-refractivity contribution in [1.82, 2.24) is 0 Å². The summed E-state index contributed by atoms with van der Waals surface area (Å²) < 4.78 is 31.7. The summed E-state index contributed by atoms with van der Waals surface area (Å²) in [6.07, 6.45) is 14.5. The largest absolute Gasteiger partial charge is 0.472 e. The van der Waals surface area contributed by atoms with Crippen molar-refractivity contribution in [2.45, 2.75) is 122 Å². The number of carbonyl (C=O) groups excluding carboxylic acids is 4. The van der Waals surface area contributed by atoms with Crippen LogP contribution in [0.5, 0.6) is 0 Å². The quantitative estimate of drug-likeness (QED) is 0.0349. The summed E-state index contributed by atoms with van der Waals surface area (Å²) in [5.74, 6) is -1.86. The highest BCUT2D eigenvalue weighted by molar-refractivity contribution is 7.47. The number of carbonyl (C=O) groups is 4. The number of rotatable bonds is 29. The van der Waals surface area contributed by atoms with E-state index in [9.17, 15) is 33.7 Å². The van der Waals surface area contributed by atoms with E-state index in [0.29, 0.717) is 12.7 Å². The first-order chi connectivity index (χ1) is 20.1. The number of aldehydes is 1. The van der Waals surface area contributed by atoms with Gasteiger partial charge in [-0.25, -0.2) is 4.57 Å². The van der Waals surface area contributed by atoms with Gasteiger partial charge in [0.2, 0.25) is 0 Å². The summed E-state index contributed by atoms with van der Waals surface area (Å²) in [4.78, 5) is 56.0. The van der Waals surface area contributed by atoms with Crippen LogP contribution in [0.15, 0.2) is 12.2 Å². The third-order valence-corrected chi connectivity index (χ3v) is 7.16. The minimum absolute atomic E-state index is 0.164. The number of hydrogen-bond donors (Lipinski definition) is 3. The molecule has 0 radical (unpaired) electrons. The third-order valence-electron chi connectivity index (χ3n) is 6.21. The van der Waals surface area contributed by atoms with Crippen LogP contribution in [0, 0.1) is 0 Å². The Morgan fingerprint density at radius 3 is 1.86 bits per heavy atom. The predicted octanol–water partition coefficient (Wildman–Crippen LogP) is 4.51. The molecule has 0 aromatic carbocycles. The van der Waals surface area contributed by atoms with Crippen molar-refractivity contribution < 1.29 is 57.4 Å². The Bertz CT molecular complexity index is 816. The number of unbranched alkanes of at least 4 members (excludes halogenated alkanes) is 12. The average molecular weight is 623 g/mol. The molecule has 0 aliphatic heterocycles. The average Bonchev–Trinajstić information content (AvgIpc) is 2.97. The van der Waals surface area contributed by atoms with Gasteiger partial charge in [-0.3, -0.25) is 28.2 Å². The number of aliphatic hydroxyl groups excluding tert-OH is 2. The summed E-state index contributed by atoms with van der Waals surface area (Å²) in [5.41, 5.74) is 0. The molecule has 0 fully saturated rings. The van der Waals surface area contributed by atoms with Gasteiger partial charge in [-0.1, -0.05) is 84.0 Å². The fourth-order valence-electron chi connectivity index (χ4n) is 3.81. The topological polar surface area (TPSA) is 183 Å². The van der Waals surface area contributed by atoms with Crippen LogP contribution in [0.4, 0.5) is 0 Å². The third kappa shape index (κ3) is 25.7. The van der Waals surface area contributed by atoms with Crippen molar-refractivity contribution in [3.63, 3.8) is 0 Å². The van der Waals surface area contributed by atoms with Crippen molar-refractivity contribution in [2.75, 3.05) is 26.4 Å². The molecule has 13 heteroatoms. The fraction of sp³-hybridized carbons (Fsp3) is 0.793. The maximum Gasteiger partial charge on any atom is 0.472 e. The molecule has 0 bridgehead atoms. The Morgan fingerprint density at radius 1 is 0.762 bits per heavy atom. The summed E-state index contributed by atoms with van der Waals surface area (Å²) in [6, 6.07) is 0. The lowest BCUT2D eigenvalue weighted by Crippen LogP contribution is -2.30. The van der Waals surface area contributed by atoms with E-state index in [1.165, 1.54) is 57.8 Å². The number of esters is 2. The smallest absolute Gasteiger partial charge is 0.462 e. The summed E-state index contributed by atoms with van der Waals surface area (Å²) >= 11 is 0. The number of aliphatic hydroxyl groups is 2. The second-order valence-electron chi connectivity index (χ2n) is 10.1. The van der Waals surface area contributed by atoms with E-state index in [-0.39, 0.29) is 19.3 Å². The van der Waals surface area contributed by atoms with Gasteiger partial charge >= 0.3 is 19.8 Å². The number of phosphoric acid groups is 1. The molecule has 0 amide bonds. The Labute approximate surface area is 249 Å². The van der Waals surface area contributed by atoms with Crippen molar-refractivity contribution in [3.8, 4) is 0 Å². The molecule has 0 saturated heterocycles. The molecule has 0 heterocycles. The molecule has 0 aliphatic rings. The molecule has 0 spiro atoms. The highest BCUT2D eigenvalue weighted by atomic mass is 31.2. The zero-order chi connectivity index (χ0) is 31.5. The highest BCUT2D eigenvalue weighted by Crippen LogP contribution is 2.43. The van der Waals surface area contributed by atoms with Gasteiger partial charge in [-0.05, 0) is 18.6 Å². The predicted molar refractivity (Wildman–Crippen MR) is 155 cm³/mol. The van der Waals surface area contributed by atoms with E-state index in [4.69, 9.17) is 19.1 Å². The molecule has 3 N–H and O–H groups in total. The van der Waals surface area contributed by atoms with E-state index < -0.39 is 64.2 Å². The van der Waals surface area contributed by atoms with Gasteiger partial charge in [0.15, 0.2) is 11.9 Å². The van der Waals surface area contributed by atoms with Crippen molar-refractivity contribution >= 4 is 31.8 Å². The lowest BCUT2D eigenvalue weighted by Gasteiger charge is -2.20. The summed E-state index contributed by atoms with van der Waals surface area (Å²) in [5, 5.41) is 18.1. The Kier molecular flexibility index (Phi) is 25.4. The van der Waals surface area contributed by atoms with E-state index in [1.807, 2.05) is 0 Å². The van der Waals surface area contributed by atoms with Gasteiger partial charge < -0.3 is 24.6 Å². The van der Waals surface area contributed by atoms with Crippen LogP contribution in [0.1, 0.15) is 110 Å². The Morgan fingerprint density at radius 2 is 1.31 bits per heavy atom. The minimum Gasteiger partial charge on any atom is -0.462 e. The maximum absolute atomic E-state index is 12.2. The second kappa shape index (κ2) is 26.7. The molecule has 0 rings (SSSR count). The first-order valence-electron chi connectivity index (χ1n) is 15.0. The molecular weight excluding hydrogens is 571 g/mol. The first-order valence-corrected chi connectivity index (χ1v) is 16.5. The number of allylic oxidation sites excluding steroid dienone is 2. The molecular formula is C29H51O12P. The monoisotopic (exact) mass is 622 g/mol. The van der Waals surface area contributed by atoms with Crippen LogP contribution in [0.25, 0.3) is 0 Å². The SMILES string of the molecule is CCCCCCCCCCCCCCCC(=O)OC[C@H](COP(=O)(O)OC[C@@H](O)CO)OC(=O)CCC(=O)/C=C/C=O. The van der Waals surface area contributed by atoms with Gasteiger partial charge in [0.1, 0.15) is 19.0 Å². The molecule has 3 atom stereocenters. The molecule has 1 unspecified atom stereocenters. The fourth-order valence-corrected chi connectivity index (χ4v) is 4.60. The van der Waals surface area contributed by atoms with Crippen LogP contribution in [-0.2, 0) is 42.3 Å². The number of ether oxygens (including phenoxy) is 2. The second-order valence-corrected chi connectivity index (χ2v) is 11.6. The van der Waals surface area contributed by atoms with Crippen molar-refractivity contribution in [1.29, 1.82) is 0 Å². The van der Waals surface area contributed by atoms with Gasteiger partial charge in [-0.15, -0.1) is 0 Å². The lowest BCUT2D eigenvalue weighted by atomic mass is 10.0. The molecule has 0 aromatic heterocycles. The van der Waals surface area contributed by atoms with E-state index in [0.717, 1.165) is 31.4 Å². The maximum atomic E-state index is 12.2. The zero-order valence-corrected chi connectivity index (χ0v) is 25.9. The number of phosphoric ester groups is 1. The normalized spacial score (nSPS) is 14.3. The van der Waals surface area contributed by atoms with Crippen LogP contribution in [0.2, 0.25) is 0 Å². The first kappa shape index (κ1) is 40.1. The van der Waals surface area contributed by atoms with Crippen LogP contribution < -0.4 is 0 Å². The zero-order valence-electron chi connectivity index (χ0n) is 25.0. The van der Waals surface area contributed by atoms with E-state index in [1.54, 1.807) is 0 Å². The van der Waals surface area contributed by atoms with Gasteiger partial charge in [0.05, 0.1) is 26.2 Å². The van der Waals surface area contributed by atoms with Crippen molar-refractivity contribution in [3.05, 3.63) is 12.2 Å². The van der Waals surface area contributed by atoms with Gasteiger partial charge in [-0.2, -0.15) is 0 Å². The highest BCUT2D eigenvalue weighted by Gasteiger charge is 2.27. The molecule has 0 aliphatic carbocycles. The minimum atomic E-state index is -4.69.